The minimum atomic E-state index is -2.35. The van der Waals surface area contributed by atoms with Crippen molar-refractivity contribution in [1.82, 2.24) is 4.90 Å². The van der Waals surface area contributed by atoms with Crippen LogP contribution in [0.3, 0.4) is 0 Å². The zero-order chi connectivity index (χ0) is 49.0. The number of amides is 1. The number of ketones is 1. The molecular formula is C50H79NO15. The van der Waals surface area contributed by atoms with Gasteiger partial charge in [0.1, 0.15) is 36.2 Å². The smallest absolute Gasteiger partial charge is 0.329 e. The van der Waals surface area contributed by atoms with Crippen LogP contribution < -0.4 is 0 Å². The van der Waals surface area contributed by atoms with E-state index in [-0.39, 0.29) is 49.5 Å². The number of carbonyl (C=O) groups excluding carboxylic acids is 6. The zero-order valence-electron chi connectivity index (χ0n) is 41.5. The molecule has 1 saturated carbocycles. The lowest BCUT2D eigenvalue weighted by Crippen LogP contribution is -2.67. The first-order valence-electron chi connectivity index (χ1n) is 24.1. The van der Waals surface area contributed by atoms with Gasteiger partial charge in [0.2, 0.25) is 11.9 Å². The minimum Gasteiger partial charge on any atom is -0.462 e. The fourth-order valence-electron chi connectivity index (χ4n) is 10.7. The molecule has 3 fully saturated rings. The van der Waals surface area contributed by atoms with Gasteiger partial charge in [-0.2, -0.15) is 0 Å². The van der Waals surface area contributed by atoms with Crippen LogP contribution in [0.15, 0.2) is 23.3 Å². The van der Waals surface area contributed by atoms with Crippen molar-refractivity contribution in [2.24, 2.45) is 29.6 Å². The number of rotatable bonds is 10. The van der Waals surface area contributed by atoms with Gasteiger partial charge in [-0.3, -0.25) is 24.0 Å². The van der Waals surface area contributed by atoms with Crippen LogP contribution in [0.1, 0.15) is 139 Å². The van der Waals surface area contributed by atoms with Gasteiger partial charge < -0.3 is 47.9 Å². The Labute approximate surface area is 392 Å². The third-order valence-electron chi connectivity index (χ3n) is 14.1. The number of nitrogens with zero attached hydrogens (tertiary/aromatic N) is 1. The molecule has 1 amide bonds. The summed E-state index contributed by atoms with van der Waals surface area (Å²) < 4.78 is 48.0. The summed E-state index contributed by atoms with van der Waals surface area (Å²) in [7, 11) is 4.65. The Balaban J connectivity index is 1.88. The van der Waals surface area contributed by atoms with E-state index in [0.717, 1.165) is 18.9 Å². The summed E-state index contributed by atoms with van der Waals surface area (Å²) in [6, 6.07) is -1.16. The molecule has 66 heavy (non-hydrogen) atoms. The van der Waals surface area contributed by atoms with Gasteiger partial charge in [0.05, 0.1) is 18.3 Å². The van der Waals surface area contributed by atoms with Crippen LogP contribution in [0, 0.1) is 29.6 Å². The van der Waals surface area contributed by atoms with Gasteiger partial charge in [-0.1, -0.05) is 51.8 Å². The van der Waals surface area contributed by atoms with Crippen molar-refractivity contribution in [3.05, 3.63) is 23.3 Å². The average Bonchev–Trinajstić information content (AvgIpc) is 3.26. The van der Waals surface area contributed by atoms with E-state index in [1.54, 1.807) is 35.2 Å². The Hall–Kier alpha value is -3.70. The van der Waals surface area contributed by atoms with Crippen LogP contribution in [-0.4, -0.2) is 134 Å². The minimum absolute atomic E-state index is 0.00498. The van der Waals surface area contributed by atoms with Crippen LogP contribution in [0.2, 0.25) is 0 Å². The van der Waals surface area contributed by atoms with E-state index in [1.807, 2.05) is 32.9 Å². The molecule has 15 unspecified atom stereocenters. The quantitative estimate of drug-likeness (QED) is 0.144. The van der Waals surface area contributed by atoms with Gasteiger partial charge in [0.15, 0.2) is 0 Å². The number of carbonyl (C=O) groups is 6. The van der Waals surface area contributed by atoms with Crippen molar-refractivity contribution in [2.75, 3.05) is 27.9 Å². The summed E-state index contributed by atoms with van der Waals surface area (Å²) in [5, 5.41) is 12.6. The lowest BCUT2D eigenvalue weighted by Gasteiger charge is -2.50. The van der Waals surface area contributed by atoms with Gasteiger partial charge >= 0.3 is 23.9 Å². The van der Waals surface area contributed by atoms with Crippen molar-refractivity contribution in [1.29, 1.82) is 0 Å². The number of hydrogen-bond acceptors (Lipinski definition) is 15. The number of allylic oxidation sites excluding steroid dienone is 3. The number of piperidine rings is 1. The first-order valence-corrected chi connectivity index (χ1v) is 24.1. The highest BCUT2D eigenvalue weighted by atomic mass is 16.7. The molecule has 4 rings (SSSR count). The summed E-state index contributed by atoms with van der Waals surface area (Å²) in [6.45, 7) is 15.2. The third-order valence-corrected chi connectivity index (χ3v) is 14.1. The number of esters is 4. The molecule has 4 aliphatic rings. The van der Waals surface area contributed by atoms with Gasteiger partial charge in [0, 0.05) is 72.8 Å². The second kappa shape index (κ2) is 25.1. The Kier molecular flexibility index (Phi) is 20.9. The molecule has 15 atom stereocenters. The number of Topliss-reactive ketones (excluding diaryl/α,β-unsaturated/α-hetero) is 1. The molecule has 374 valence electrons. The Morgan fingerprint density at radius 2 is 1.42 bits per heavy atom. The number of hydrogen-bond donors (Lipinski definition) is 1. The lowest BCUT2D eigenvalue weighted by molar-refractivity contribution is -0.347. The molecule has 0 aromatic heterocycles. The maximum absolute atomic E-state index is 15.0. The lowest BCUT2D eigenvalue weighted by atomic mass is 9.81. The first kappa shape index (κ1) is 54.9. The maximum atomic E-state index is 15.0. The van der Waals surface area contributed by atoms with Crippen molar-refractivity contribution >= 4 is 35.6 Å². The molecule has 0 radical (unpaired) electrons. The molecule has 0 aromatic carbocycles. The average molecular weight is 934 g/mol. The van der Waals surface area contributed by atoms with E-state index in [2.05, 4.69) is 6.92 Å². The number of fused-ring (bicyclic) bond motifs is 3. The highest BCUT2D eigenvalue weighted by Crippen LogP contribution is 2.42. The molecule has 3 heterocycles. The van der Waals surface area contributed by atoms with E-state index in [0.29, 0.717) is 56.9 Å². The van der Waals surface area contributed by atoms with Crippen LogP contribution in [0.5, 0.6) is 0 Å². The zero-order valence-corrected chi connectivity index (χ0v) is 41.5. The molecule has 1 aliphatic carbocycles. The normalized spacial score (nSPS) is 37.0. The summed E-state index contributed by atoms with van der Waals surface area (Å²) in [4.78, 5) is 83.1. The molecule has 2 bridgehead atoms. The molecule has 0 spiro atoms. The third kappa shape index (κ3) is 14.2. The largest absolute Gasteiger partial charge is 0.462 e. The van der Waals surface area contributed by atoms with Gasteiger partial charge in [-0.05, 0) is 95.5 Å². The summed E-state index contributed by atoms with van der Waals surface area (Å²) in [5.41, 5.74) is 1.61. The number of aliphatic hydroxyl groups is 1. The molecule has 2 saturated heterocycles. The summed E-state index contributed by atoms with van der Waals surface area (Å²) in [5.74, 6) is -7.95. The molecule has 3 aliphatic heterocycles. The second-order valence-corrected chi connectivity index (χ2v) is 19.4. The Morgan fingerprint density at radius 3 is 2.03 bits per heavy atom. The Bertz CT molecular complexity index is 1750. The van der Waals surface area contributed by atoms with E-state index < -0.39 is 102 Å². The van der Waals surface area contributed by atoms with Crippen molar-refractivity contribution in [3.8, 4) is 0 Å². The van der Waals surface area contributed by atoms with Gasteiger partial charge in [-0.25, -0.2) is 4.79 Å². The molecule has 0 aromatic rings. The predicted molar refractivity (Wildman–Crippen MR) is 242 cm³/mol. The molecule has 16 heteroatoms. The summed E-state index contributed by atoms with van der Waals surface area (Å²) in [6.07, 6.45) is 2.65. The Morgan fingerprint density at radius 1 is 0.803 bits per heavy atom. The van der Waals surface area contributed by atoms with Gasteiger partial charge in [-0.15, -0.1) is 0 Å². The highest BCUT2D eigenvalue weighted by molar-refractivity contribution is 5.89. The standard InChI is InChI=1S/C50H79NO15/c1-13-16-37-22-28(2)21-29(3)23-43(60-11)46-44(61-12)25-31(5)50(58,66-46)47(64-35(9)54)48(56)51-20-15-14-17-38(51)49(57)65-45(32(6)41(27-39(37)55)63-34(8)53)30(4)24-36-18-19-40(62-33(7)52)42(26-36)59-10/h22,24,29,31-32,36-38,40-47,58H,13-21,23,25-27H2,1-12H3. The topological polar surface area (TPSA) is 200 Å². The maximum Gasteiger partial charge on any atom is 0.329 e. The van der Waals surface area contributed by atoms with E-state index in [9.17, 15) is 33.9 Å². The highest BCUT2D eigenvalue weighted by Gasteiger charge is 2.58. The fraction of sp³-hybridized carbons (Fsp3) is 0.800. The number of methoxy groups -OCH3 is 3. The van der Waals surface area contributed by atoms with E-state index in [4.69, 9.17) is 37.9 Å². The predicted octanol–water partition coefficient (Wildman–Crippen LogP) is 6.37. The molecule has 16 nitrogen and oxygen atoms in total. The van der Waals surface area contributed by atoms with Crippen LogP contribution in [0.25, 0.3) is 0 Å². The molecule has 1 N–H and O–H groups in total. The SMILES string of the molecule is CCCC1C=C(C)CC(C)CC(OC)C2OC(O)(C(C)CC2OC)C(OC(C)=O)C(=O)N2CCCCC2C(=O)OC(C(C)=CC2CCC(OC(C)=O)C(OC)C2)C(C)C(OC(C)=O)CC1=O. The van der Waals surface area contributed by atoms with Crippen LogP contribution in [-0.2, 0) is 66.7 Å². The van der Waals surface area contributed by atoms with Gasteiger partial charge in [0.25, 0.3) is 5.91 Å². The molecular weight excluding hydrogens is 855 g/mol. The van der Waals surface area contributed by atoms with Crippen LogP contribution in [0.4, 0.5) is 0 Å². The van der Waals surface area contributed by atoms with Crippen LogP contribution >= 0.6 is 0 Å². The van der Waals surface area contributed by atoms with E-state index >= 15 is 0 Å². The number of ether oxygens (including phenoxy) is 8. The second-order valence-electron chi connectivity index (χ2n) is 19.4. The van der Waals surface area contributed by atoms with Crippen molar-refractivity contribution in [3.63, 3.8) is 0 Å². The monoisotopic (exact) mass is 934 g/mol. The van der Waals surface area contributed by atoms with E-state index in [1.165, 1.54) is 18.7 Å². The van der Waals surface area contributed by atoms with Crippen molar-refractivity contribution < 1.29 is 71.8 Å². The number of cyclic esters (lactones) is 1. The van der Waals surface area contributed by atoms with Crippen molar-refractivity contribution in [2.45, 2.75) is 200 Å². The fourth-order valence-corrected chi connectivity index (χ4v) is 10.7. The summed E-state index contributed by atoms with van der Waals surface area (Å²) >= 11 is 0. The first-order chi connectivity index (χ1) is 31.2.